The van der Waals surface area contributed by atoms with Gasteiger partial charge in [-0.3, -0.25) is 0 Å². The molecule has 1 aromatic carbocycles. The Bertz CT molecular complexity index is 596. The number of aryl methyl sites for hydroxylation is 1. The lowest BCUT2D eigenvalue weighted by atomic mass is 9.65. The van der Waals surface area contributed by atoms with Crippen LogP contribution in [-0.2, 0) is 17.6 Å². The average Bonchev–Trinajstić information content (AvgIpc) is 2.61. The zero-order valence-corrected chi connectivity index (χ0v) is 15.2. The van der Waals surface area contributed by atoms with Crippen LogP contribution < -0.4 is 0 Å². The van der Waals surface area contributed by atoms with Gasteiger partial charge >= 0.3 is 0 Å². The van der Waals surface area contributed by atoms with Gasteiger partial charge in [0, 0.05) is 7.11 Å². The molecule has 4 rings (SSSR count). The number of hydrogen-bond donors (Lipinski definition) is 0. The van der Waals surface area contributed by atoms with Gasteiger partial charge in [0.1, 0.15) is 5.82 Å². The smallest absolute Gasteiger partial charge is 0.126 e. The predicted octanol–water partition coefficient (Wildman–Crippen LogP) is 5.65. The molecule has 5 atom stereocenters. The van der Waals surface area contributed by atoms with Crippen molar-refractivity contribution in [3.63, 3.8) is 0 Å². The molecule has 5 unspecified atom stereocenters. The highest BCUT2D eigenvalue weighted by Crippen LogP contribution is 2.47. The zero-order chi connectivity index (χ0) is 16.7. The van der Waals surface area contributed by atoms with Gasteiger partial charge in [0.25, 0.3) is 0 Å². The summed E-state index contributed by atoms with van der Waals surface area (Å²) in [7, 11) is 1.85. The second-order valence-electron chi connectivity index (χ2n) is 8.69. The number of benzene rings is 1. The van der Waals surface area contributed by atoms with E-state index in [2.05, 4.69) is 13.0 Å². The van der Waals surface area contributed by atoms with Crippen molar-refractivity contribution in [2.45, 2.75) is 76.7 Å². The third kappa shape index (κ3) is 3.14. The number of hydrogen-bond acceptors (Lipinski definition) is 1. The molecule has 1 aromatic rings. The summed E-state index contributed by atoms with van der Waals surface area (Å²) < 4.78 is 20.3. The Kier molecular flexibility index (Phi) is 4.68. The minimum atomic E-state index is 0.0688. The average molecular weight is 330 g/mol. The SMILES string of the molecule is COC1CCC2CC(c3cc(F)c4c(c3)CCC(C)C4)CCC2C1. The van der Waals surface area contributed by atoms with E-state index < -0.39 is 0 Å². The van der Waals surface area contributed by atoms with Crippen molar-refractivity contribution in [2.24, 2.45) is 17.8 Å². The Hall–Kier alpha value is -0.890. The van der Waals surface area contributed by atoms with Crippen LogP contribution in [0.4, 0.5) is 4.39 Å². The molecule has 0 amide bonds. The fraction of sp³-hybridized carbons (Fsp3) is 0.727. The zero-order valence-electron chi connectivity index (χ0n) is 15.2. The summed E-state index contributed by atoms with van der Waals surface area (Å²) in [6, 6.07) is 4.23. The van der Waals surface area contributed by atoms with E-state index in [1.165, 1.54) is 56.1 Å². The number of methoxy groups -OCH3 is 1. The van der Waals surface area contributed by atoms with E-state index in [0.29, 0.717) is 17.9 Å². The monoisotopic (exact) mass is 330 g/mol. The number of rotatable bonds is 2. The van der Waals surface area contributed by atoms with Crippen LogP contribution in [0, 0.1) is 23.6 Å². The van der Waals surface area contributed by atoms with E-state index in [4.69, 9.17) is 4.74 Å². The molecule has 1 nitrogen and oxygen atoms in total. The standard InChI is InChI=1S/C22H31FO/c1-14-3-4-18-11-19(13-22(23)21(18)9-14)16-5-6-17-12-20(24-2)8-7-15(17)10-16/h11,13-17,20H,3-10,12H2,1-2H3. The molecule has 0 saturated heterocycles. The largest absolute Gasteiger partial charge is 0.381 e. The Morgan fingerprint density at radius 2 is 1.79 bits per heavy atom. The third-order valence-electron chi connectivity index (χ3n) is 7.14. The Labute approximate surface area is 146 Å². The first-order valence-corrected chi connectivity index (χ1v) is 9.98. The summed E-state index contributed by atoms with van der Waals surface area (Å²) in [6.45, 7) is 2.24. The van der Waals surface area contributed by atoms with Gasteiger partial charge in [0.15, 0.2) is 0 Å². The molecule has 0 spiro atoms. The quantitative estimate of drug-likeness (QED) is 0.681. The molecule has 2 fully saturated rings. The lowest BCUT2D eigenvalue weighted by Gasteiger charge is -2.42. The van der Waals surface area contributed by atoms with E-state index in [0.717, 1.165) is 30.2 Å². The summed E-state index contributed by atoms with van der Waals surface area (Å²) in [5.74, 6) is 2.94. The first kappa shape index (κ1) is 16.6. The molecule has 2 heteroatoms. The highest BCUT2D eigenvalue weighted by molar-refractivity contribution is 5.37. The fourth-order valence-corrected chi connectivity index (χ4v) is 5.62. The summed E-state index contributed by atoms with van der Waals surface area (Å²) in [5, 5.41) is 0. The van der Waals surface area contributed by atoms with Crippen LogP contribution >= 0.6 is 0 Å². The molecular weight excluding hydrogens is 299 g/mol. The van der Waals surface area contributed by atoms with Gasteiger partial charge in [-0.1, -0.05) is 13.0 Å². The van der Waals surface area contributed by atoms with Gasteiger partial charge in [0.05, 0.1) is 6.10 Å². The summed E-state index contributed by atoms with van der Waals surface area (Å²) in [4.78, 5) is 0. The Morgan fingerprint density at radius 1 is 1.00 bits per heavy atom. The molecule has 3 aliphatic carbocycles. The Balaban J connectivity index is 1.50. The second-order valence-corrected chi connectivity index (χ2v) is 8.69. The molecule has 24 heavy (non-hydrogen) atoms. The van der Waals surface area contributed by atoms with Crippen molar-refractivity contribution < 1.29 is 9.13 Å². The molecule has 0 heterocycles. The molecule has 132 valence electrons. The topological polar surface area (TPSA) is 9.23 Å². The highest BCUT2D eigenvalue weighted by atomic mass is 19.1. The van der Waals surface area contributed by atoms with Crippen LogP contribution in [0.3, 0.4) is 0 Å². The van der Waals surface area contributed by atoms with Crippen LogP contribution in [0.25, 0.3) is 0 Å². The van der Waals surface area contributed by atoms with Crippen molar-refractivity contribution in [1.82, 2.24) is 0 Å². The van der Waals surface area contributed by atoms with E-state index in [9.17, 15) is 4.39 Å². The molecular formula is C22H31FO. The van der Waals surface area contributed by atoms with Gasteiger partial charge < -0.3 is 4.74 Å². The van der Waals surface area contributed by atoms with Gasteiger partial charge in [-0.25, -0.2) is 4.39 Å². The molecule has 3 aliphatic rings. The van der Waals surface area contributed by atoms with E-state index in [-0.39, 0.29) is 5.82 Å². The first-order chi connectivity index (χ1) is 11.6. The molecule has 0 N–H and O–H groups in total. The number of ether oxygens (including phenoxy) is 1. The number of fused-ring (bicyclic) bond motifs is 2. The molecule has 0 bridgehead atoms. The maximum Gasteiger partial charge on any atom is 0.126 e. The van der Waals surface area contributed by atoms with Crippen molar-refractivity contribution in [3.05, 3.63) is 34.6 Å². The molecule has 0 radical (unpaired) electrons. The first-order valence-electron chi connectivity index (χ1n) is 9.98. The second kappa shape index (κ2) is 6.78. The lowest BCUT2D eigenvalue weighted by molar-refractivity contribution is 0.0123. The van der Waals surface area contributed by atoms with E-state index in [1.54, 1.807) is 0 Å². The fourth-order valence-electron chi connectivity index (χ4n) is 5.62. The maximum atomic E-state index is 14.7. The molecule has 2 saturated carbocycles. The van der Waals surface area contributed by atoms with E-state index >= 15 is 0 Å². The van der Waals surface area contributed by atoms with Crippen molar-refractivity contribution >= 4 is 0 Å². The molecule has 0 aliphatic heterocycles. The minimum absolute atomic E-state index is 0.0688. The van der Waals surface area contributed by atoms with Crippen LogP contribution in [0.1, 0.15) is 74.5 Å². The number of halogens is 1. The van der Waals surface area contributed by atoms with Gasteiger partial charge in [-0.2, -0.15) is 0 Å². The van der Waals surface area contributed by atoms with Gasteiger partial charge in [-0.15, -0.1) is 0 Å². The summed E-state index contributed by atoms with van der Waals surface area (Å²) in [5.41, 5.74) is 3.59. The normalized spacial score (nSPS) is 36.0. The Morgan fingerprint density at radius 3 is 2.62 bits per heavy atom. The summed E-state index contributed by atoms with van der Waals surface area (Å²) in [6.07, 6.45) is 11.2. The van der Waals surface area contributed by atoms with Crippen LogP contribution in [0.5, 0.6) is 0 Å². The van der Waals surface area contributed by atoms with Crippen LogP contribution in [0.15, 0.2) is 12.1 Å². The van der Waals surface area contributed by atoms with Crippen LogP contribution in [0.2, 0.25) is 0 Å². The van der Waals surface area contributed by atoms with E-state index in [1.807, 2.05) is 13.2 Å². The third-order valence-corrected chi connectivity index (χ3v) is 7.14. The van der Waals surface area contributed by atoms with Gasteiger partial charge in [-0.05, 0) is 104 Å². The van der Waals surface area contributed by atoms with Crippen molar-refractivity contribution in [3.8, 4) is 0 Å². The van der Waals surface area contributed by atoms with Crippen LogP contribution in [-0.4, -0.2) is 13.2 Å². The minimum Gasteiger partial charge on any atom is -0.381 e. The lowest BCUT2D eigenvalue weighted by Crippen LogP contribution is -2.33. The highest BCUT2D eigenvalue weighted by Gasteiger charge is 2.36. The molecule has 0 aromatic heterocycles. The summed E-state index contributed by atoms with van der Waals surface area (Å²) >= 11 is 0. The predicted molar refractivity (Wildman–Crippen MR) is 95.8 cm³/mol. The maximum absolute atomic E-state index is 14.7. The van der Waals surface area contributed by atoms with Crippen molar-refractivity contribution in [1.29, 1.82) is 0 Å². The van der Waals surface area contributed by atoms with Gasteiger partial charge in [0.2, 0.25) is 0 Å². The van der Waals surface area contributed by atoms with Crippen molar-refractivity contribution in [2.75, 3.05) is 7.11 Å².